The lowest BCUT2D eigenvalue weighted by atomic mass is 9.88. The zero-order valence-corrected chi connectivity index (χ0v) is 15.4. The monoisotopic (exact) mass is 332 g/mol. The van der Waals surface area contributed by atoms with Crippen molar-refractivity contribution in [3.8, 4) is 0 Å². The minimum Gasteiger partial charge on any atom is -0.393 e. The largest absolute Gasteiger partial charge is 0.393 e. The summed E-state index contributed by atoms with van der Waals surface area (Å²) in [6.45, 7) is 7.83. The standard InChI is InChI=1S/C21H32O3/c1-17(13-14-20-11-6-5-7-12-20)9-8-10-18(2)15-21(4,24-23)16-19(3)22/h5-8,10-14,17-19,22-23H,9,15-16H2,1-4H3/b10-8+,14-13+/t17-,18-,19?,21?/m0/s1. The van der Waals surface area contributed by atoms with Crippen LogP contribution in [0, 0.1) is 11.8 Å². The normalized spacial score (nSPS) is 18.6. The maximum atomic E-state index is 9.52. The second-order valence-electron chi connectivity index (χ2n) is 7.19. The van der Waals surface area contributed by atoms with Crippen molar-refractivity contribution in [3.05, 3.63) is 54.1 Å². The van der Waals surface area contributed by atoms with Gasteiger partial charge in [-0.3, -0.25) is 5.26 Å². The van der Waals surface area contributed by atoms with Gasteiger partial charge in [-0.15, -0.1) is 0 Å². The van der Waals surface area contributed by atoms with E-state index < -0.39 is 11.7 Å². The predicted molar refractivity (Wildman–Crippen MR) is 101 cm³/mol. The van der Waals surface area contributed by atoms with E-state index in [-0.39, 0.29) is 5.92 Å². The molecule has 0 fully saturated rings. The van der Waals surface area contributed by atoms with Crippen molar-refractivity contribution in [2.75, 3.05) is 0 Å². The molecular weight excluding hydrogens is 300 g/mol. The van der Waals surface area contributed by atoms with E-state index in [9.17, 15) is 5.11 Å². The van der Waals surface area contributed by atoms with E-state index in [1.54, 1.807) is 6.92 Å². The minimum atomic E-state index is -0.712. The van der Waals surface area contributed by atoms with Gasteiger partial charge in [0.05, 0.1) is 6.10 Å². The summed E-state index contributed by atoms with van der Waals surface area (Å²) in [5.74, 6) is 0.734. The van der Waals surface area contributed by atoms with Crippen LogP contribution in [0.5, 0.6) is 0 Å². The van der Waals surface area contributed by atoms with Crippen LogP contribution in [-0.4, -0.2) is 22.1 Å². The molecule has 1 aromatic carbocycles. The van der Waals surface area contributed by atoms with Crippen LogP contribution in [0.4, 0.5) is 0 Å². The molecule has 0 radical (unpaired) electrons. The number of benzene rings is 1. The summed E-state index contributed by atoms with van der Waals surface area (Å²) in [5, 5.41) is 18.6. The molecule has 0 aliphatic heterocycles. The molecule has 2 N–H and O–H groups in total. The highest BCUT2D eigenvalue weighted by atomic mass is 17.1. The molecule has 0 aliphatic rings. The average molecular weight is 332 g/mol. The first kappa shape index (κ1) is 20.6. The Morgan fingerprint density at radius 1 is 1.04 bits per heavy atom. The molecule has 134 valence electrons. The molecule has 0 saturated heterocycles. The first-order valence-corrected chi connectivity index (χ1v) is 8.75. The van der Waals surface area contributed by atoms with Gasteiger partial charge in [0, 0.05) is 6.42 Å². The summed E-state index contributed by atoms with van der Waals surface area (Å²) in [5.41, 5.74) is 0.507. The van der Waals surface area contributed by atoms with Crippen LogP contribution in [0.25, 0.3) is 6.08 Å². The summed E-state index contributed by atoms with van der Waals surface area (Å²) in [6, 6.07) is 10.3. The predicted octanol–water partition coefficient (Wildman–Crippen LogP) is 5.33. The summed E-state index contributed by atoms with van der Waals surface area (Å²) in [7, 11) is 0. The third kappa shape index (κ3) is 8.44. The van der Waals surface area contributed by atoms with E-state index in [0.717, 1.165) is 6.42 Å². The zero-order valence-electron chi connectivity index (χ0n) is 15.4. The number of hydrogen-bond donors (Lipinski definition) is 2. The molecule has 2 unspecified atom stereocenters. The van der Waals surface area contributed by atoms with Crippen molar-refractivity contribution in [1.82, 2.24) is 0 Å². The van der Waals surface area contributed by atoms with Gasteiger partial charge in [-0.05, 0) is 44.1 Å². The fourth-order valence-corrected chi connectivity index (χ4v) is 2.98. The van der Waals surface area contributed by atoms with E-state index in [2.05, 4.69) is 55.2 Å². The Morgan fingerprint density at radius 3 is 2.29 bits per heavy atom. The Hall–Kier alpha value is -1.42. The second kappa shape index (κ2) is 10.4. The van der Waals surface area contributed by atoms with Gasteiger partial charge in [-0.25, -0.2) is 4.89 Å². The third-order valence-corrected chi connectivity index (χ3v) is 4.09. The molecule has 0 amide bonds. The number of hydrogen-bond acceptors (Lipinski definition) is 3. The van der Waals surface area contributed by atoms with Crippen LogP contribution >= 0.6 is 0 Å². The van der Waals surface area contributed by atoms with Gasteiger partial charge in [0.25, 0.3) is 0 Å². The fourth-order valence-electron chi connectivity index (χ4n) is 2.98. The van der Waals surface area contributed by atoms with Crippen molar-refractivity contribution in [2.45, 2.75) is 58.7 Å². The molecule has 4 atom stereocenters. The van der Waals surface area contributed by atoms with Crippen LogP contribution in [-0.2, 0) is 4.89 Å². The quantitative estimate of drug-likeness (QED) is 0.346. The number of aliphatic hydroxyl groups excluding tert-OH is 1. The Kier molecular flexibility index (Phi) is 8.98. The molecule has 3 heteroatoms. The van der Waals surface area contributed by atoms with Crippen molar-refractivity contribution < 1.29 is 15.3 Å². The minimum absolute atomic E-state index is 0.270. The lowest BCUT2D eigenvalue weighted by Crippen LogP contribution is -2.33. The molecule has 3 nitrogen and oxygen atoms in total. The number of aliphatic hydroxyl groups is 1. The van der Waals surface area contributed by atoms with Gasteiger partial charge >= 0.3 is 0 Å². The van der Waals surface area contributed by atoms with Gasteiger partial charge in [-0.1, -0.05) is 68.5 Å². The SMILES string of the molecule is CC(O)CC(C)(C[C@@H](C)/C=C/C[C@H](C)/C=C/c1ccccc1)OO. The van der Waals surface area contributed by atoms with E-state index in [0.29, 0.717) is 18.8 Å². The van der Waals surface area contributed by atoms with Gasteiger partial charge in [-0.2, -0.15) is 0 Å². The Balaban J connectivity index is 2.43. The van der Waals surface area contributed by atoms with E-state index in [1.807, 2.05) is 25.1 Å². The molecule has 0 aromatic heterocycles. The van der Waals surface area contributed by atoms with E-state index >= 15 is 0 Å². The molecule has 0 aliphatic carbocycles. The Morgan fingerprint density at radius 2 is 1.71 bits per heavy atom. The lowest BCUT2D eigenvalue weighted by Gasteiger charge is -2.29. The molecule has 0 heterocycles. The highest BCUT2D eigenvalue weighted by molar-refractivity contribution is 5.48. The topological polar surface area (TPSA) is 49.7 Å². The lowest BCUT2D eigenvalue weighted by molar-refractivity contribution is -0.326. The maximum absolute atomic E-state index is 9.52. The van der Waals surface area contributed by atoms with Crippen molar-refractivity contribution >= 4 is 6.08 Å². The number of rotatable bonds is 10. The van der Waals surface area contributed by atoms with Gasteiger partial charge in [0.1, 0.15) is 5.60 Å². The molecule has 0 saturated carbocycles. The van der Waals surface area contributed by atoms with E-state index in [1.165, 1.54) is 5.56 Å². The van der Waals surface area contributed by atoms with Crippen LogP contribution in [0.15, 0.2) is 48.6 Å². The fraction of sp³-hybridized carbons (Fsp3) is 0.524. The van der Waals surface area contributed by atoms with Crippen molar-refractivity contribution in [2.24, 2.45) is 11.8 Å². The molecule has 1 rings (SSSR count). The second-order valence-corrected chi connectivity index (χ2v) is 7.19. The zero-order chi connectivity index (χ0) is 18.0. The van der Waals surface area contributed by atoms with Crippen LogP contribution in [0.1, 0.15) is 52.5 Å². The summed E-state index contributed by atoms with van der Waals surface area (Å²) in [6.07, 6.45) is 10.3. The smallest absolute Gasteiger partial charge is 0.103 e. The first-order chi connectivity index (χ1) is 11.3. The first-order valence-electron chi connectivity index (χ1n) is 8.75. The molecule has 24 heavy (non-hydrogen) atoms. The number of allylic oxidation sites excluding steroid dienone is 3. The Bertz CT molecular complexity index is 507. The average Bonchev–Trinajstić information content (AvgIpc) is 2.53. The van der Waals surface area contributed by atoms with Gasteiger partial charge < -0.3 is 5.11 Å². The summed E-state index contributed by atoms with van der Waals surface area (Å²) in [4.78, 5) is 4.63. The molecule has 0 bridgehead atoms. The summed E-state index contributed by atoms with van der Waals surface area (Å²) < 4.78 is 0. The Labute approximate surface area is 146 Å². The molecule has 0 spiro atoms. The van der Waals surface area contributed by atoms with Crippen LogP contribution < -0.4 is 0 Å². The van der Waals surface area contributed by atoms with Crippen LogP contribution in [0.2, 0.25) is 0 Å². The van der Waals surface area contributed by atoms with Gasteiger partial charge in [0.15, 0.2) is 0 Å². The van der Waals surface area contributed by atoms with Crippen LogP contribution in [0.3, 0.4) is 0 Å². The third-order valence-electron chi connectivity index (χ3n) is 4.09. The molecular formula is C21H32O3. The molecule has 1 aromatic rings. The highest BCUT2D eigenvalue weighted by Crippen LogP contribution is 2.26. The van der Waals surface area contributed by atoms with Gasteiger partial charge in [0.2, 0.25) is 0 Å². The van der Waals surface area contributed by atoms with Crippen molar-refractivity contribution in [1.29, 1.82) is 0 Å². The van der Waals surface area contributed by atoms with E-state index in [4.69, 9.17) is 5.26 Å². The maximum Gasteiger partial charge on any atom is 0.103 e. The highest BCUT2D eigenvalue weighted by Gasteiger charge is 2.29. The summed E-state index contributed by atoms with van der Waals surface area (Å²) >= 11 is 0. The van der Waals surface area contributed by atoms with Crippen molar-refractivity contribution in [3.63, 3.8) is 0 Å².